The van der Waals surface area contributed by atoms with Crippen molar-refractivity contribution in [2.75, 3.05) is 24.9 Å². The van der Waals surface area contributed by atoms with Crippen molar-refractivity contribution >= 4 is 17.4 Å². The van der Waals surface area contributed by atoms with Gasteiger partial charge in [0.25, 0.3) is 0 Å². The molecule has 9 heteroatoms. The van der Waals surface area contributed by atoms with E-state index in [-0.39, 0.29) is 0 Å². The van der Waals surface area contributed by atoms with Crippen molar-refractivity contribution in [2.24, 2.45) is 0 Å². The van der Waals surface area contributed by atoms with E-state index in [2.05, 4.69) is 25.6 Å². The zero-order chi connectivity index (χ0) is 20.3. The molecular formula is C19H22N6O3. The molecule has 0 saturated carbocycles. The van der Waals surface area contributed by atoms with E-state index >= 15 is 0 Å². The smallest absolute Gasteiger partial charge is 0.323 e. The molecule has 2 aromatic heterocycles. The number of amides is 2. The van der Waals surface area contributed by atoms with Crippen LogP contribution in [0, 0.1) is 20.8 Å². The van der Waals surface area contributed by atoms with Gasteiger partial charge in [0, 0.05) is 17.4 Å². The molecule has 28 heavy (non-hydrogen) atoms. The van der Waals surface area contributed by atoms with Crippen LogP contribution in [-0.2, 0) is 0 Å². The van der Waals surface area contributed by atoms with E-state index < -0.39 is 6.03 Å². The number of anilines is 2. The SMILES string of the molecule is COc1ccc(NC(=O)Nc2cnc(-n3c(C)nc(C)c3C)nc2)cc1OC. The number of imidazole rings is 1. The van der Waals surface area contributed by atoms with Gasteiger partial charge in [-0.2, -0.15) is 0 Å². The van der Waals surface area contributed by atoms with Gasteiger partial charge in [0.15, 0.2) is 11.5 Å². The average molecular weight is 382 g/mol. The number of hydrogen-bond donors (Lipinski definition) is 2. The Morgan fingerprint density at radius 3 is 2.18 bits per heavy atom. The Hall–Kier alpha value is -3.62. The summed E-state index contributed by atoms with van der Waals surface area (Å²) in [5.41, 5.74) is 2.93. The zero-order valence-electron chi connectivity index (χ0n) is 16.4. The Balaban J connectivity index is 1.69. The van der Waals surface area contributed by atoms with Crippen LogP contribution in [0.15, 0.2) is 30.6 Å². The fourth-order valence-electron chi connectivity index (χ4n) is 2.78. The van der Waals surface area contributed by atoms with E-state index in [0.29, 0.717) is 28.8 Å². The molecule has 0 unspecified atom stereocenters. The minimum absolute atomic E-state index is 0.422. The van der Waals surface area contributed by atoms with Gasteiger partial charge in [-0.1, -0.05) is 0 Å². The van der Waals surface area contributed by atoms with Crippen LogP contribution >= 0.6 is 0 Å². The van der Waals surface area contributed by atoms with Crippen LogP contribution < -0.4 is 20.1 Å². The van der Waals surface area contributed by atoms with Gasteiger partial charge in [0.1, 0.15) is 5.82 Å². The first-order valence-corrected chi connectivity index (χ1v) is 8.58. The van der Waals surface area contributed by atoms with Crippen LogP contribution in [0.25, 0.3) is 5.95 Å². The molecule has 0 aliphatic heterocycles. The molecular weight excluding hydrogens is 360 g/mol. The lowest BCUT2D eigenvalue weighted by Crippen LogP contribution is -2.20. The van der Waals surface area contributed by atoms with E-state index in [9.17, 15) is 4.79 Å². The normalized spacial score (nSPS) is 10.5. The highest BCUT2D eigenvalue weighted by Crippen LogP contribution is 2.29. The molecule has 0 radical (unpaired) electrons. The lowest BCUT2D eigenvalue weighted by Gasteiger charge is -2.11. The van der Waals surface area contributed by atoms with Crippen LogP contribution in [-0.4, -0.2) is 39.8 Å². The second-order valence-corrected chi connectivity index (χ2v) is 6.09. The number of carbonyl (C=O) groups is 1. The van der Waals surface area contributed by atoms with Gasteiger partial charge in [0.2, 0.25) is 5.95 Å². The van der Waals surface area contributed by atoms with E-state index in [1.54, 1.807) is 37.7 Å². The molecule has 2 N–H and O–H groups in total. The summed E-state index contributed by atoms with van der Waals surface area (Å²) in [4.78, 5) is 25.3. The number of aromatic nitrogens is 4. The van der Waals surface area contributed by atoms with Gasteiger partial charge in [0.05, 0.1) is 38.0 Å². The van der Waals surface area contributed by atoms with E-state index in [1.807, 2.05) is 25.3 Å². The van der Waals surface area contributed by atoms with E-state index in [1.165, 1.54) is 7.11 Å². The largest absolute Gasteiger partial charge is 0.493 e. The summed E-state index contributed by atoms with van der Waals surface area (Å²) < 4.78 is 12.3. The summed E-state index contributed by atoms with van der Waals surface area (Å²) in [5, 5.41) is 5.43. The maximum atomic E-state index is 12.2. The zero-order valence-corrected chi connectivity index (χ0v) is 16.4. The molecule has 0 saturated heterocycles. The number of rotatable bonds is 5. The summed E-state index contributed by atoms with van der Waals surface area (Å²) in [6.45, 7) is 5.79. The van der Waals surface area contributed by atoms with Crippen molar-refractivity contribution < 1.29 is 14.3 Å². The Morgan fingerprint density at radius 1 is 0.964 bits per heavy atom. The maximum absolute atomic E-state index is 12.2. The molecule has 0 bridgehead atoms. The molecule has 2 heterocycles. The number of nitrogens with one attached hydrogen (secondary N) is 2. The molecule has 0 fully saturated rings. The molecule has 0 atom stereocenters. The molecule has 0 aliphatic carbocycles. The quantitative estimate of drug-likeness (QED) is 0.702. The van der Waals surface area contributed by atoms with E-state index in [0.717, 1.165) is 17.2 Å². The second-order valence-electron chi connectivity index (χ2n) is 6.09. The number of aryl methyl sites for hydroxylation is 2. The van der Waals surface area contributed by atoms with Gasteiger partial charge in [-0.05, 0) is 32.9 Å². The summed E-state index contributed by atoms with van der Waals surface area (Å²) in [5.74, 6) is 2.41. The standard InChI is InChI=1S/C19H22N6O3/c1-11-12(2)25(13(3)22-11)18-20-9-15(10-21-18)24-19(26)23-14-6-7-16(27-4)17(8-14)28-5/h6-10H,1-5H3,(H2,23,24,26). The third-order valence-electron chi connectivity index (χ3n) is 4.25. The predicted molar refractivity (Wildman–Crippen MR) is 106 cm³/mol. The minimum Gasteiger partial charge on any atom is -0.493 e. The molecule has 1 aromatic carbocycles. The van der Waals surface area contributed by atoms with Crippen molar-refractivity contribution in [3.8, 4) is 17.4 Å². The van der Waals surface area contributed by atoms with Crippen molar-refractivity contribution in [2.45, 2.75) is 20.8 Å². The highest BCUT2D eigenvalue weighted by Gasteiger charge is 2.12. The number of ether oxygens (including phenoxy) is 2. The highest BCUT2D eigenvalue weighted by atomic mass is 16.5. The van der Waals surface area contributed by atoms with Gasteiger partial charge < -0.3 is 20.1 Å². The molecule has 2 amide bonds. The summed E-state index contributed by atoms with van der Waals surface area (Å²) in [7, 11) is 3.08. The van der Waals surface area contributed by atoms with Crippen molar-refractivity contribution in [3.63, 3.8) is 0 Å². The molecule has 9 nitrogen and oxygen atoms in total. The number of hydrogen-bond acceptors (Lipinski definition) is 6. The minimum atomic E-state index is -0.422. The van der Waals surface area contributed by atoms with Crippen LogP contribution in [0.4, 0.5) is 16.2 Å². The van der Waals surface area contributed by atoms with Crippen molar-refractivity contribution in [1.29, 1.82) is 0 Å². The molecule has 0 spiro atoms. The predicted octanol–water partition coefficient (Wildman–Crippen LogP) is 3.25. The Morgan fingerprint density at radius 2 is 1.61 bits per heavy atom. The van der Waals surface area contributed by atoms with Crippen LogP contribution in [0.1, 0.15) is 17.2 Å². The van der Waals surface area contributed by atoms with Crippen LogP contribution in [0.5, 0.6) is 11.5 Å². The van der Waals surface area contributed by atoms with Crippen LogP contribution in [0.2, 0.25) is 0 Å². The Labute approximate surface area is 162 Å². The van der Waals surface area contributed by atoms with Gasteiger partial charge in [-0.3, -0.25) is 4.57 Å². The highest BCUT2D eigenvalue weighted by molar-refractivity contribution is 5.99. The number of carbonyl (C=O) groups excluding carboxylic acids is 1. The molecule has 3 rings (SSSR count). The fraction of sp³-hybridized carbons (Fsp3) is 0.263. The molecule has 3 aromatic rings. The van der Waals surface area contributed by atoms with Gasteiger partial charge in [-0.15, -0.1) is 0 Å². The molecule has 0 aliphatic rings. The van der Waals surface area contributed by atoms with Crippen molar-refractivity contribution in [3.05, 3.63) is 47.8 Å². The van der Waals surface area contributed by atoms with Crippen molar-refractivity contribution in [1.82, 2.24) is 19.5 Å². The fourth-order valence-corrected chi connectivity index (χ4v) is 2.78. The lowest BCUT2D eigenvalue weighted by molar-refractivity contribution is 0.262. The average Bonchev–Trinajstić information content (AvgIpc) is 2.94. The Bertz CT molecular complexity index is 998. The third-order valence-corrected chi connectivity index (χ3v) is 4.25. The lowest BCUT2D eigenvalue weighted by atomic mass is 10.3. The second kappa shape index (κ2) is 7.95. The van der Waals surface area contributed by atoms with E-state index in [4.69, 9.17) is 9.47 Å². The Kier molecular flexibility index (Phi) is 5.44. The summed E-state index contributed by atoms with van der Waals surface area (Å²) >= 11 is 0. The van der Waals surface area contributed by atoms with Gasteiger partial charge >= 0.3 is 6.03 Å². The number of benzene rings is 1. The first kappa shape index (κ1) is 19.2. The monoisotopic (exact) mass is 382 g/mol. The van der Waals surface area contributed by atoms with Gasteiger partial charge in [-0.25, -0.2) is 19.7 Å². The number of methoxy groups -OCH3 is 2. The summed E-state index contributed by atoms with van der Waals surface area (Å²) in [6, 6.07) is 4.68. The summed E-state index contributed by atoms with van der Waals surface area (Å²) in [6.07, 6.45) is 3.09. The number of nitrogens with zero attached hydrogens (tertiary/aromatic N) is 4. The first-order valence-electron chi connectivity index (χ1n) is 8.58. The van der Waals surface area contributed by atoms with Crippen LogP contribution in [0.3, 0.4) is 0 Å². The topological polar surface area (TPSA) is 103 Å². The third kappa shape index (κ3) is 3.88. The number of urea groups is 1. The molecule has 146 valence electrons. The maximum Gasteiger partial charge on any atom is 0.323 e. The first-order chi connectivity index (χ1) is 13.4.